The summed E-state index contributed by atoms with van der Waals surface area (Å²) in [6, 6.07) is 17.1. The van der Waals surface area contributed by atoms with Crippen LogP contribution in [0, 0.1) is 0 Å². The van der Waals surface area contributed by atoms with Gasteiger partial charge in [-0.15, -0.1) is 0 Å². The molecule has 2 aliphatic heterocycles. The molecular weight excluding hydrogens is 481 g/mol. The molecule has 34 heavy (non-hydrogen) atoms. The molecule has 0 bridgehead atoms. The standard InChI is InChI=1S/C25H15Cl2NO6/c26-15-7-6-13(10-16(15)27)28-24(29)23-20(12-5-8-18-19(9-12)32-11-31-18)21-22(34-23)14-3-1-2-4-17(14)33-25(21)30/h1-10,20,23H,11H2,(H,28,29)/t20-,23-/m0/s1. The molecule has 6 rings (SSSR count). The number of amides is 1. The Morgan fingerprint density at radius 2 is 1.76 bits per heavy atom. The fourth-order valence-electron chi connectivity index (χ4n) is 4.32. The van der Waals surface area contributed by atoms with Gasteiger partial charge in [0.05, 0.1) is 26.9 Å². The Hall–Kier alpha value is -3.68. The van der Waals surface area contributed by atoms with Gasteiger partial charge in [-0.1, -0.05) is 41.4 Å². The summed E-state index contributed by atoms with van der Waals surface area (Å²) >= 11 is 12.1. The minimum absolute atomic E-state index is 0.102. The topological polar surface area (TPSA) is 87.0 Å². The molecular formula is C25H15Cl2NO6. The Morgan fingerprint density at radius 3 is 2.62 bits per heavy atom. The number of hydrogen-bond donors (Lipinski definition) is 1. The summed E-state index contributed by atoms with van der Waals surface area (Å²) in [4.78, 5) is 26.5. The van der Waals surface area contributed by atoms with E-state index in [0.717, 1.165) is 0 Å². The zero-order chi connectivity index (χ0) is 23.4. The number of halogens is 2. The number of carbonyl (C=O) groups is 1. The number of rotatable bonds is 3. The highest BCUT2D eigenvalue weighted by Crippen LogP contribution is 2.46. The van der Waals surface area contributed by atoms with E-state index in [1.807, 2.05) is 6.07 Å². The summed E-state index contributed by atoms with van der Waals surface area (Å²) in [6.45, 7) is 0.102. The number of para-hydroxylation sites is 1. The van der Waals surface area contributed by atoms with Crippen LogP contribution in [0.15, 0.2) is 69.9 Å². The molecule has 0 saturated heterocycles. The van der Waals surface area contributed by atoms with Gasteiger partial charge in [0.25, 0.3) is 5.91 Å². The van der Waals surface area contributed by atoms with E-state index in [2.05, 4.69) is 5.32 Å². The molecule has 1 aromatic heterocycles. The number of carbonyl (C=O) groups excluding carboxylic acids is 1. The van der Waals surface area contributed by atoms with E-state index in [1.54, 1.807) is 54.6 Å². The lowest BCUT2D eigenvalue weighted by Gasteiger charge is -2.19. The molecule has 0 spiro atoms. The van der Waals surface area contributed by atoms with Crippen LogP contribution < -0.4 is 25.2 Å². The maximum Gasteiger partial charge on any atom is 0.344 e. The number of ether oxygens (including phenoxy) is 3. The molecule has 3 aromatic carbocycles. The van der Waals surface area contributed by atoms with Gasteiger partial charge in [-0.3, -0.25) is 4.79 Å². The fourth-order valence-corrected chi connectivity index (χ4v) is 4.62. The Balaban J connectivity index is 1.47. The van der Waals surface area contributed by atoms with Crippen molar-refractivity contribution in [2.45, 2.75) is 12.0 Å². The Labute approximate surface area is 202 Å². The predicted octanol–water partition coefficient (Wildman–Crippen LogP) is 5.36. The molecule has 4 aromatic rings. The van der Waals surface area contributed by atoms with Crippen molar-refractivity contribution >= 4 is 45.8 Å². The molecule has 170 valence electrons. The van der Waals surface area contributed by atoms with Crippen LogP contribution in [0.4, 0.5) is 5.69 Å². The summed E-state index contributed by atoms with van der Waals surface area (Å²) in [5, 5.41) is 4.08. The van der Waals surface area contributed by atoms with Crippen LogP contribution in [0.1, 0.15) is 17.0 Å². The molecule has 1 N–H and O–H groups in total. The Morgan fingerprint density at radius 1 is 0.941 bits per heavy atom. The molecule has 0 radical (unpaired) electrons. The fraction of sp³-hybridized carbons (Fsp3) is 0.120. The second-order valence-corrected chi connectivity index (χ2v) is 8.69. The van der Waals surface area contributed by atoms with Crippen molar-refractivity contribution in [1.82, 2.24) is 0 Å². The first-order valence-corrected chi connectivity index (χ1v) is 11.1. The molecule has 2 atom stereocenters. The molecule has 0 saturated carbocycles. The van der Waals surface area contributed by atoms with E-state index in [-0.39, 0.29) is 12.4 Å². The molecule has 0 aliphatic carbocycles. The highest BCUT2D eigenvalue weighted by atomic mass is 35.5. The van der Waals surface area contributed by atoms with Crippen LogP contribution in [-0.4, -0.2) is 18.8 Å². The monoisotopic (exact) mass is 495 g/mol. The zero-order valence-electron chi connectivity index (χ0n) is 17.3. The van der Waals surface area contributed by atoms with Crippen molar-refractivity contribution in [3.8, 4) is 17.2 Å². The summed E-state index contributed by atoms with van der Waals surface area (Å²) in [5.41, 5.74) is 1.18. The quantitative estimate of drug-likeness (QED) is 0.385. The number of benzene rings is 3. The molecule has 3 heterocycles. The number of nitrogens with one attached hydrogen (secondary N) is 1. The van der Waals surface area contributed by atoms with Crippen molar-refractivity contribution in [1.29, 1.82) is 0 Å². The van der Waals surface area contributed by atoms with Gasteiger partial charge >= 0.3 is 5.63 Å². The molecule has 0 fully saturated rings. The second kappa shape index (κ2) is 7.97. The lowest BCUT2D eigenvalue weighted by molar-refractivity contribution is -0.122. The number of fused-ring (bicyclic) bond motifs is 4. The molecule has 9 heteroatoms. The van der Waals surface area contributed by atoms with Gasteiger partial charge in [-0.25, -0.2) is 4.79 Å². The smallest absolute Gasteiger partial charge is 0.344 e. The van der Waals surface area contributed by atoms with E-state index < -0.39 is 23.6 Å². The van der Waals surface area contributed by atoms with Crippen molar-refractivity contribution < 1.29 is 23.4 Å². The van der Waals surface area contributed by atoms with Crippen molar-refractivity contribution in [3.63, 3.8) is 0 Å². The van der Waals surface area contributed by atoms with E-state index in [9.17, 15) is 9.59 Å². The second-order valence-electron chi connectivity index (χ2n) is 7.88. The van der Waals surface area contributed by atoms with Crippen molar-refractivity contribution in [3.05, 3.63) is 92.3 Å². The summed E-state index contributed by atoms with van der Waals surface area (Å²) in [6.07, 6.45) is -1.06. The normalized spacial score (nSPS) is 17.9. The van der Waals surface area contributed by atoms with Crippen LogP contribution in [0.25, 0.3) is 11.0 Å². The molecule has 1 amide bonds. The average molecular weight is 496 g/mol. The maximum absolute atomic E-state index is 13.4. The third kappa shape index (κ3) is 3.36. The largest absolute Gasteiger partial charge is 0.478 e. The third-order valence-electron chi connectivity index (χ3n) is 5.86. The van der Waals surface area contributed by atoms with Crippen molar-refractivity contribution in [2.24, 2.45) is 0 Å². The van der Waals surface area contributed by atoms with Crippen LogP contribution >= 0.6 is 23.2 Å². The lowest BCUT2D eigenvalue weighted by atomic mass is 9.88. The van der Waals surface area contributed by atoms with E-state index in [4.69, 9.17) is 41.8 Å². The van der Waals surface area contributed by atoms with Crippen LogP contribution in [-0.2, 0) is 4.79 Å². The van der Waals surface area contributed by atoms with Gasteiger partial charge in [-0.2, -0.15) is 0 Å². The van der Waals surface area contributed by atoms with Crippen LogP contribution in [0.5, 0.6) is 17.2 Å². The van der Waals surface area contributed by atoms with Gasteiger partial charge in [-0.05, 0) is 48.0 Å². The van der Waals surface area contributed by atoms with Crippen LogP contribution in [0.3, 0.4) is 0 Å². The van der Waals surface area contributed by atoms with Gasteiger partial charge in [0.15, 0.2) is 17.6 Å². The maximum atomic E-state index is 13.4. The van der Waals surface area contributed by atoms with Gasteiger partial charge in [0.1, 0.15) is 11.3 Å². The highest BCUT2D eigenvalue weighted by molar-refractivity contribution is 6.42. The van der Waals surface area contributed by atoms with Gasteiger partial charge < -0.3 is 23.9 Å². The first-order chi connectivity index (χ1) is 16.5. The summed E-state index contributed by atoms with van der Waals surface area (Å²) < 4.78 is 22.7. The Bertz CT molecular complexity index is 1530. The third-order valence-corrected chi connectivity index (χ3v) is 6.60. The Kier molecular flexibility index (Phi) is 4.90. The molecule has 7 nitrogen and oxygen atoms in total. The number of hydrogen-bond acceptors (Lipinski definition) is 6. The SMILES string of the molecule is O=C(Nc1ccc(Cl)c(Cl)c1)[C@H]1Oc2c(c(=O)oc3ccccc23)[C@@H]1c1ccc2c(c1)OCO2. The minimum Gasteiger partial charge on any atom is -0.478 e. The first-order valence-electron chi connectivity index (χ1n) is 10.4. The summed E-state index contributed by atoms with van der Waals surface area (Å²) in [5.74, 6) is 0.239. The van der Waals surface area contributed by atoms with Gasteiger partial charge in [0.2, 0.25) is 6.79 Å². The molecule has 0 unspecified atom stereocenters. The summed E-state index contributed by atoms with van der Waals surface area (Å²) in [7, 11) is 0. The average Bonchev–Trinajstić information content (AvgIpc) is 3.46. The number of anilines is 1. The first kappa shape index (κ1) is 20.9. The lowest BCUT2D eigenvalue weighted by Crippen LogP contribution is -2.35. The zero-order valence-corrected chi connectivity index (χ0v) is 18.9. The van der Waals surface area contributed by atoms with E-state index in [1.165, 1.54) is 0 Å². The molecule has 2 aliphatic rings. The van der Waals surface area contributed by atoms with Crippen LogP contribution in [0.2, 0.25) is 10.0 Å². The minimum atomic E-state index is -1.06. The predicted molar refractivity (Wildman–Crippen MR) is 126 cm³/mol. The van der Waals surface area contributed by atoms with Crippen molar-refractivity contribution in [2.75, 3.05) is 12.1 Å². The van der Waals surface area contributed by atoms with Gasteiger partial charge in [0, 0.05) is 5.69 Å². The highest BCUT2D eigenvalue weighted by Gasteiger charge is 2.44. The van der Waals surface area contributed by atoms with E-state index >= 15 is 0 Å². The van der Waals surface area contributed by atoms with E-state index in [0.29, 0.717) is 49.5 Å².